The topological polar surface area (TPSA) is 175 Å². The summed E-state index contributed by atoms with van der Waals surface area (Å²) in [7, 11) is -2.64. The molecule has 3 saturated heterocycles. The number of halogens is 1. The first-order valence-corrected chi connectivity index (χ1v) is 24.2. The zero-order valence-electron chi connectivity index (χ0n) is 35.8. The second kappa shape index (κ2) is 19.2. The van der Waals surface area contributed by atoms with Crippen molar-refractivity contribution in [3.8, 4) is 11.5 Å². The Morgan fingerprint density at radius 3 is 2.62 bits per heavy atom. The number of carbonyl (C=O) groups is 2. The maximum atomic E-state index is 14.1. The molecule has 4 fully saturated rings. The molecular weight excluding hydrogens is 844 g/mol. The van der Waals surface area contributed by atoms with Crippen molar-refractivity contribution in [2.45, 2.75) is 57.0 Å². The molecule has 3 unspecified atom stereocenters. The Morgan fingerprint density at radius 2 is 1.83 bits per heavy atom. The molecule has 6 aliphatic rings. The Labute approximate surface area is 374 Å². The van der Waals surface area contributed by atoms with Gasteiger partial charge < -0.3 is 39.6 Å². The molecule has 9 rings (SSSR count). The quantitative estimate of drug-likeness (QED) is 0.160. The fourth-order valence-corrected chi connectivity index (χ4v) is 10.9. The minimum atomic E-state index is -4.24. The van der Waals surface area contributed by atoms with Gasteiger partial charge in [-0.2, -0.15) is 0 Å². The van der Waals surface area contributed by atoms with Crippen LogP contribution in [0, 0.1) is 17.8 Å². The molecule has 3 aromatic rings. The number of hydrogen-bond acceptors (Lipinski definition) is 11. The molecule has 3 aliphatic carbocycles. The molecule has 17 heteroatoms. The molecule has 1 saturated carbocycles. The van der Waals surface area contributed by atoms with Gasteiger partial charge in [-0.15, -0.1) is 0 Å². The first kappa shape index (κ1) is 43.5. The molecule has 15 nitrogen and oxygen atoms in total. The molecule has 63 heavy (non-hydrogen) atoms. The van der Waals surface area contributed by atoms with Crippen LogP contribution in [0.3, 0.4) is 0 Å². The molecule has 1 aromatic carbocycles. The van der Waals surface area contributed by atoms with Gasteiger partial charge in [0.15, 0.2) is 6.73 Å². The predicted molar refractivity (Wildman–Crippen MR) is 241 cm³/mol. The Morgan fingerprint density at radius 1 is 1.00 bits per heavy atom. The number of methoxy groups -OCH3 is 1. The summed E-state index contributed by atoms with van der Waals surface area (Å²) in [6, 6.07) is 8.86. The number of allylic oxidation sites excluding steroid dienone is 5. The number of hydrogen-bond donors (Lipinski definition) is 4. The third-order valence-electron chi connectivity index (χ3n) is 13.3. The van der Waals surface area contributed by atoms with Crippen molar-refractivity contribution >= 4 is 50.2 Å². The normalized spacial score (nSPS) is 23.6. The lowest BCUT2D eigenvalue weighted by Gasteiger charge is -2.45. The standard InChI is InChI=1S/C46H57ClN8O7S/c1-60-29-51-42-24-39(7-9-41(42)49-25-30-11-18-61-19-12-30)63(58,59)52-45(56)40-8-6-36(23-43(40)62-38-22-33-10-13-48-44(33)50-26-38)54-16-14-53(15-17-54)28-37-21-32-4-5-35(47)20-34(32)27-55(37)46(57)31-2-3-31/h4-10,13,22-23,26,30-31,34,37,42,49,51H,2-3,11-12,14-21,24-25,27-29H2,1H3,(H,48,50)(H,52,56)/p+1. The van der Waals surface area contributed by atoms with Crippen molar-refractivity contribution < 1.29 is 37.5 Å². The number of nitrogens with zero attached hydrogens (tertiary/aromatic N) is 4. The lowest BCUT2D eigenvalue weighted by atomic mass is 9.82. The Hall–Kier alpha value is -4.71. The average Bonchev–Trinajstić information content (AvgIpc) is 4.04. The number of benzene rings is 1. The largest absolute Gasteiger partial charge is 0.455 e. The van der Waals surface area contributed by atoms with Crippen LogP contribution in [0.15, 0.2) is 88.2 Å². The van der Waals surface area contributed by atoms with Crippen LogP contribution in [0.5, 0.6) is 11.5 Å². The number of aromatic nitrogens is 2. The van der Waals surface area contributed by atoms with E-state index in [1.807, 2.05) is 29.6 Å². The van der Waals surface area contributed by atoms with Gasteiger partial charge >= 0.3 is 0 Å². The van der Waals surface area contributed by atoms with E-state index in [2.05, 4.69) is 40.8 Å². The molecule has 3 aliphatic heterocycles. The minimum Gasteiger partial charge on any atom is -0.455 e. The number of piperidine rings is 1. The highest BCUT2D eigenvalue weighted by Gasteiger charge is 2.42. The van der Waals surface area contributed by atoms with Crippen LogP contribution in [0.2, 0.25) is 0 Å². The number of carbonyl (C=O) groups excluding carboxylic acids is 2. The fraction of sp³-hybridized carbons (Fsp3) is 0.500. The summed E-state index contributed by atoms with van der Waals surface area (Å²) in [6.45, 7) is 7.17. The first-order valence-electron chi connectivity index (χ1n) is 22.3. The molecule has 3 atom stereocenters. The van der Waals surface area contributed by atoms with E-state index >= 15 is 0 Å². The van der Waals surface area contributed by atoms with Crippen molar-refractivity contribution in [1.82, 2.24) is 29.8 Å². The monoisotopic (exact) mass is 901 g/mol. The minimum absolute atomic E-state index is 0.0764. The van der Waals surface area contributed by atoms with Crippen LogP contribution >= 0.6 is 11.6 Å². The summed E-state index contributed by atoms with van der Waals surface area (Å²) in [5.74, 6) is 1.05. The van der Waals surface area contributed by atoms with E-state index < -0.39 is 15.9 Å². The number of amides is 2. The summed E-state index contributed by atoms with van der Waals surface area (Å²) in [4.78, 5) is 42.1. The number of sulfonamides is 1. The van der Waals surface area contributed by atoms with E-state index in [9.17, 15) is 18.0 Å². The predicted octanol–water partition coefficient (Wildman–Crippen LogP) is 4.34. The highest BCUT2D eigenvalue weighted by atomic mass is 35.5. The number of fused-ring (bicyclic) bond motifs is 2. The highest BCUT2D eigenvalue weighted by molar-refractivity contribution is 7.93. The van der Waals surface area contributed by atoms with Gasteiger partial charge in [-0.1, -0.05) is 23.3 Å². The Bertz CT molecular complexity index is 2420. The SMILES string of the molecule is COC[NH2+]C1CC(S(=O)(=O)NC(=O)c2ccc(N3CCN(CC4CC5=CC=C(Cl)CC5CN4C(=O)C4CC4)CC3)cc2Oc2cnc3[nH]ccc3c2)=CC=C1NCC1CCOCC1. The van der Waals surface area contributed by atoms with Gasteiger partial charge in [0, 0.05) is 119 Å². The van der Waals surface area contributed by atoms with Crippen molar-refractivity contribution in [2.24, 2.45) is 17.8 Å². The summed E-state index contributed by atoms with van der Waals surface area (Å²) in [5, 5.41) is 7.18. The average molecular weight is 903 g/mol. The lowest BCUT2D eigenvalue weighted by Crippen LogP contribution is -2.91. The smallest absolute Gasteiger partial charge is 0.268 e. The van der Waals surface area contributed by atoms with Crippen LogP contribution in [0.25, 0.3) is 11.0 Å². The summed E-state index contributed by atoms with van der Waals surface area (Å²) in [6.07, 6.45) is 16.7. The summed E-state index contributed by atoms with van der Waals surface area (Å²) < 4.78 is 47.5. The number of quaternary nitrogens is 1. The van der Waals surface area contributed by atoms with E-state index in [0.717, 1.165) is 119 Å². The van der Waals surface area contributed by atoms with Crippen molar-refractivity contribution in [1.29, 1.82) is 0 Å². The molecule has 5 N–H and O–H groups in total. The number of ether oxygens (including phenoxy) is 3. The number of piperazine rings is 1. The molecular formula is C46H58ClN8O7S+. The molecule has 0 bridgehead atoms. The molecule has 2 aromatic heterocycles. The van der Waals surface area contributed by atoms with Crippen molar-refractivity contribution in [2.75, 3.05) is 77.8 Å². The van der Waals surface area contributed by atoms with Gasteiger partial charge in [0.25, 0.3) is 15.9 Å². The Kier molecular flexibility index (Phi) is 13.3. The van der Waals surface area contributed by atoms with Gasteiger partial charge in [0.2, 0.25) is 5.91 Å². The van der Waals surface area contributed by atoms with Crippen LogP contribution in [-0.2, 0) is 24.3 Å². The van der Waals surface area contributed by atoms with E-state index in [0.29, 0.717) is 35.9 Å². The zero-order chi connectivity index (χ0) is 43.5. The van der Waals surface area contributed by atoms with Crippen LogP contribution < -0.4 is 25.0 Å². The second-order valence-corrected chi connectivity index (χ2v) is 19.9. The van der Waals surface area contributed by atoms with Gasteiger partial charge in [-0.25, -0.2) is 18.1 Å². The number of aromatic amines is 1. The summed E-state index contributed by atoms with van der Waals surface area (Å²) in [5.41, 5.74) is 3.92. The van der Waals surface area contributed by atoms with Crippen LogP contribution in [-0.4, -0.2) is 125 Å². The third kappa shape index (κ3) is 10.3. The van der Waals surface area contributed by atoms with E-state index in [4.69, 9.17) is 25.8 Å². The number of pyridine rings is 1. The van der Waals surface area contributed by atoms with Crippen LogP contribution in [0.1, 0.15) is 55.3 Å². The molecule has 2 amide bonds. The number of anilines is 1. The fourth-order valence-electron chi connectivity index (χ4n) is 9.49. The molecule has 0 radical (unpaired) electrons. The van der Waals surface area contributed by atoms with E-state index in [-0.39, 0.29) is 40.6 Å². The van der Waals surface area contributed by atoms with Gasteiger partial charge in [-0.05, 0) is 86.9 Å². The lowest BCUT2D eigenvalue weighted by molar-refractivity contribution is -0.710. The number of nitrogens with two attached hydrogens (primary N) is 1. The van der Waals surface area contributed by atoms with E-state index in [1.165, 1.54) is 5.57 Å². The molecule has 0 spiro atoms. The van der Waals surface area contributed by atoms with E-state index in [1.54, 1.807) is 43.8 Å². The first-order chi connectivity index (χ1) is 30.6. The maximum absolute atomic E-state index is 14.1. The summed E-state index contributed by atoms with van der Waals surface area (Å²) >= 11 is 6.42. The number of nitrogens with one attached hydrogen (secondary N) is 3. The zero-order valence-corrected chi connectivity index (χ0v) is 37.3. The highest BCUT2D eigenvalue weighted by Crippen LogP contribution is 2.40. The van der Waals surface area contributed by atoms with Crippen molar-refractivity contribution in [3.63, 3.8) is 0 Å². The maximum Gasteiger partial charge on any atom is 0.268 e. The number of likely N-dealkylation sites (tertiary alicyclic amines) is 1. The van der Waals surface area contributed by atoms with Crippen LogP contribution in [0.4, 0.5) is 5.69 Å². The Balaban J connectivity index is 0.902. The third-order valence-corrected chi connectivity index (χ3v) is 15.1. The number of H-pyrrole nitrogens is 1. The van der Waals surface area contributed by atoms with Gasteiger partial charge in [0.1, 0.15) is 23.2 Å². The second-order valence-electron chi connectivity index (χ2n) is 17.7. The van der Waals surface area contributed by atoms with Gasteiger partial charge in [-0.3, -0.25) is 14.5 Å². The van der Waals surface area contributed by atoms with Crippen molar-refractivity contribution in [3.05, 3.63) is 93.8 Å². The van der Waals surface area contributed by atoms with Gasteiger partial charge in [0.05, 0.1) is 22.4 Å². The molecule has 5 heterocycles. The molecule has 336 valence electrons. The number of rotatable bonds is 15.